The molecule has 6 heteroatoms. The zero-order valence-electron chi connectivity index (χ0n) is 15.3. The third-order valence-electron chi connectivity index (χ3n) is 4.45. The molecule has 1 fully saturated rings. The number of halogens is 1. The van der Waals surface area contributed by atoms with Crippen molar-refractivity contribution < 1.29 is 14.3 Å². The highest BCUT2D eigenvalue weighted by Gasteiger charge is 2.22. The number of carbonyl (C=O) groups excluding carboxylic acids is 2. The Bertz CT molecular complexity index is 832. The van der Waals surface area contributed by atoms with E-state index < -0.39 is 0 Å². The fraction of sp³-hybridized carbons (Fsp3) is 0.333. The Morgan fingerprint density at radius 3 is 2.59 bits per heavy atom. The molecule has 1 aliphatic rings. The average molecular weight is 431 g/mol. The van der Waals surface area contributed by atoms with E-state index in [2.05, 4.69) is 21.2 Å². The molecule has 1 N–H and O–H groups in total. The van der Waals surface area contributed by atoms with Crippen LogP contribution < -0.4 is 10.1 Å². The second-order valence-corrected chi connectivity index (χ2v) is 7.35. The van der Waals surface area contributed by atoms with Crippen LogP contribution >= 0.6 is 15.9 Å². The molecule has 0 atom stereocenters. The van der Waals surface area contributed by atoms with Gasteiger partial charge in [-0.05, 0) is 65.5 Å². The number of likely N-dealkylation sites (tertiary alicyclic amines) is 1. The summed E-state index contributed by atoms with van der Waals surface area (Å²) in [5.41, 5.74) is 1.55. The predicted octanol–water partition coefficient (Wildman–Crippen LogP) is 4.73. The van der Waals surface area contributed by atoms with E-state index >= 15 is 0 Å². The fourth-order valence-electron chi connectivity index (χ4n) is 3.03. The molecule has 2 aromatic rings. The van der Waals surface area contributed by atoms with Crippen molar-refractivity contribution >= 4 is 33.4 Å². The summed E-state index contributed by atoms with van der Waals surface area (Å²) in [6.07, 6.45) is 2.97. The van der Waals surface area contributed by atoms with Gasteiger partial charge in [0, 0.05) is 18.7 Å². The van der Waals surface area contributed by atoms with Gasteiger partial charge in [-0.25, -0.2) is 0 Å². The number of para-hydroxylation sites is 1. The molecule has 0 aromatic heterocycles. The number of nitrogens with one attached hydrogen (secondary N) is 1. The van der Waals surface area contributed by atoms with Crippen molar-refractivity contribution in [3.05, 3.63) is 58.1 Å². The Hall–Kier alpha value is -2.34. The molecule has 142 valence electrons. The second kappa shape index (κ2) is 9.04. The van der Waals surface area contributed by atoms with Gasteiger partial charge >= 0.3 is 0 Å². The van der Waals surface area contributed by atoms with Gasteiger partial charge in [-0.1, -0.05) is 19.1 Å². The summed E-state index contributed by atoms with van der Waals surface area (Å²) in [5, 5.41) is 2.87. The molecule has 0 aliphatic carbocycles. The van der Waals surface area contributed by atoms with E-state index in [4.69, 9.17) is 4.74 Å². The first-order chi connectivity index (χ1) is 13.1. The summed E-state index contributed by atoms with van der Waals surface area (Å²) in [6, 6.07) is 12.4. The number of anilines is 1. The maximum Gasteiger partial charge on any atom is 0.255 e. The maximum absolute atomic E-state index is 12.7. The lowest BCUT2D eigenvalue weighted by Crippen LogP contribution is -2.28. The summed E-state index contributed by atoms with van der Waals surface area (Å²) in [7, 11) is 0. The van der Waals surface area contributed by atoms with Crippen LogP contribution in [0.2, 0.25) is 0 Å². The highest BCUT2D eigenvalue weighted by molar-refractivity contribution is 9.10. The zero-order valence-corrected chi connectivity index (χ0v) is 16.9. The van der Waals surface area contributed by atoms with E-state index in [0.717, 1.165) is 36.8 Å². The smallest absolute Gasteiger partial charge is 0.255 e. The monoisotopic (exact) mass is 430 g/mol. The van der Waals surface area contributed by atoms with Crippen LogP contribution in [0.1, 0.15) is 46.9 Å². The van der Waals surface area contributed by atoms with Crippen LogP contribution in [0, 0.1) is 0 Å². The molecule has 2 amide bonds. The van der Waals surface area contributed by atoms with Crippen molar-refractivity contribution in [3.8, 4) is 5.75 Å². The van der Waals surface area contributed by atoms with Crippen molar-refractivity contribution in [3.63, 3.8) is 0 Å². The van der Waals surface area contributed by atoms with Gasteiger partial charge in [0.25, 0.3) is 11.8 Å². The van der Waals surface area contributed by atoms with E-state index in [1.54, 1.807) is 30.3 Å². The van der Waals surface area contributed by atoms with Crippen molar-refractivity contribution in [2.45, 2.75) is 26.2 Å². The van der Waals surface area contributed by atoms with Gasteiger partial charge in [-0.15, -0.1) is 0 Å². The predicted molar refractivity (Wildman–Crippen MR) is 109 cm³/mol. The number of carbonyl (C=O) groups is 2. The minimum absolute atomic E-state index is 0.0344. The van der Waals surface area contributed by atoms with Crippen LogP contribution in [0.25, 0.3) is 0 Å². The Morgan fingerprint density at radius 1 is 1.15 bits per heavy atom. The Morgan fingerprint density at radius 2 is 1.89 bits per heavy atom. The van der Waals surface area contributed by atoms with E-state index in [1.165, 1.54) is 0 Å². The fourth-order valence-corrected chi connectivity index (χ4v) is 3.53. The van der Waals surface area contributed by atoms with Gasteiger partial charge in [-0.3, -0.25) is 9.59 Å². The number of hydrogen-bond donors (Lipinski definition) is 1. The standard InChI is InChI=1S/C21H23BrN2O3/c1-2-13-27-19-10-9-15(14-17(19)22)20(25)23-18-8-4-3-7-16(18)21(26)24-11-5-6-12-24/h3-4,7-10,14H,2,5-6,11-13H2,1H3,(H,23,25). The lowest BCUT2D eigenvalue weighted by Gasteiger charge is -2.18. The summed E-state index contributed by atoms with van der Waals surface area (Å²) in [5.74, 6) is 0.408. The van der Waals surface area contributed by atoms with E-state index in [-0.39, 0.29) is 11.8 Å². The number of amides is 2. The van der Waals surface area contributed by atoms with Crippen LogP contribution in [-0.4, -0.2) is 36.4 Å². The molecule has 0 saturated carbocycles. The summed E-state index contributed by atoms with van der Waals surface area (Å²) in [4.78, 5) is 27.3. The SMILES string of the molecule is CCCOc1ccc(C(=O)Nc2ccccc2C(=O)N2CCCC2)cc1Br. The highest BCUT2D eigenvalue weighted by atomic mass is 79.9. The minimum atomic E-state index is -0.264. The zero-order chi connectivity index (χ0) is 19.2. The van der Waals surface area contributed by atoms with Crippen molar-refractivity contribution in [2.75, 3.05) is 25.0 Å². The van der Waals surface area contributed by atoms with E-state index in [0.29, 0.717) is 29.2 Å². The summed E-state index contributed by atoms with van der Waals surface area (Å²) >= 11 is 3.45. The Kier molecular flexibility index (Phi) is 6.50. The molecule has 0 radical (unpaired) electrons. The van der Waals surface area contributed by atoms with Crippen LogP contribution in [0.5, 0.6) is 5.75 Å². The van der Waals surface area contributed by atoms with Crippen LogP contribution in [-0.2, 0) is 0 Å². The molecule has 0 unspecified atom stereocenters. The maximum atomic E-state index is 12.7. The third kappa shape index (κ3) is 4.69. The van der Waals surface area contributed by atoms with E-state index in [1.807, 2.05) is 24.0 Å². The number of benzene rings is 2. The normalized spacial score (nSPS) is 13.5. The largest absolute Gasteiger partial charge is 0.492 e. The summed E-state index contributed by atoms with van der Waals surface area (Å²) in [6.45, 7) is 4.20. The van der Waals surface area contributed by atoms with Gasteiger partial charge in [-0.2, -0.15) is 0 Å². The highest BCUT2D eigenvalue weighted by Crippen LogP contribution is 2.27. The average Bonchev–Trinajstić information content (AvgIpc) is 3.21. The molecule has 27 heavy (non-hydrogen) atoms. The molecule has 1 saturated heterocycles. The molecule has 0 spiro atoms. The van der Waals surface area contributed by atoms with Crippen molar-refractivity contribution in [1.82, 2.24) is 4.90 Å². The first-order valence-corrected chi connectivity index (χ1v) is 10.0. The second-order valence-electron chi connectivity index (χ2n) is 6.49. The molecule has 1 aliphatic heterocycles. The van der Waals surface area contributed by atoms with Crippen molar-refractivity contribution in [2.24, 2.45) is 0 Å². The quantitative estimate of drug-likeness (QED) is 0.720. The molecule has 5 nitrogen and oxygen atoms in total. The number of ether oxygens (including phenoxy) is 1. The van der Waals surface area contributed by atoms with Crippen LogP contribution in [0.4, 0.5) is 5.69 Å². The molecular weight excluding hydrogens is 408 g/mol. The van der Waals surface area contributed by atoms with Gasteiger partial charge in [0.1, 0.15) is 5.75 Å². The van der Waals surface area contributed by atoms with E-state index in [9.17, 15) is 9.59 Å². The molecule has 2 aromatic carbocycles. The van der Waals surface area contributed by atoms with Gasteiger partial charge in [0.2, 0.25) is 0 Å². The topological polar surface area (TPSA) is 58.6 Å². The molecule has 3 rings (SSSR count). The van der Waals surface area contributed by atoms with Gasteiger partial charge < -0.3 is 15.0 Å². The Balaban J connectivity index is 1.76. The summed E-state index contributed by atoms with van der Waals surface area (Å²) < 4.78 is 6.34. The number of hydrogen-bond acceptors (Lipinski definition) is 3. The number of nitrogens with zero attached hydrogens (tertiary/aromatic N) is 1. The first-order valence-electron chi connectivity index (χ1n) is 9.22. The van der Waals surface area contributed by atoms with Crippen LogP contribution in [0.15, 0.2) is 46.9 Å². The van der Waals surface area contributed by atoms with Crippen molar-refractivity contribution in [1.29, 1.82) is 0 Å². The molecular formula is C21H23BrN2O3. The molecule has 0 bridgehead atoms. The Labute approximate surface area is 167 Å². The lowest BCUT2D eigenvalue weighted by atomic mass is 10.1. The van der Waals surface area contributed by atoms with Gasteiger partial charge in [0.15, 0.2) is 0 Å². The number of rotatable bonds is 6. The van der Waals surface area contributed by atoms with Crippen LogP contribution in [0.3, 0.4) is 0 Å². The molecule has 1 heterocycles. The lowest BCUT2D eigenvalue weighted by molar-refractivity contribution is 0.0794. The third-order valence-corrected chi connectivity index (χ3v) is 5.07. The first kappa shape index (κ1) is 19.4. The minimum Gasteiger partial charge on any atom is -0.492 e. The van der Waals surface area contributed by atoms with Gasteiger partial charge in [0.05, 0.1) is 22.3 Å².